The predicted molar refractivity (Wildman–Crippen MR) is 50.7 cm³/mol. The molecule has 0 spiro atoms. The summed E-state index contributed by atoms with van der Waals surface area (Å²) in [6, 6.07) is 3.10. The Kier molecular flexibility index (Phi) is 3.75. The lowest BCUT2D eigenvalue weighted by atomic mass is 10.5. The lowest BCUT2D eigenvalue weighted by Gasteiger charge is -2.02. The predicted octanol–water partition coefficient (Wildman–Crippen LogP) is -0.0368. The molecule has 0 unspecified atom stereocenters. The molecule has 0 aliphatic heterocycles. The highest BCUT2D eigenvalue weighted by molar-refractivity contribution is 7.86. The van der Waals surface area contributed by atoms with Crippen molar-refractivity contribution in [3.63, 3.8) is 0 Å². The molecule has 1 heterocycles. The first-order valence-electron chi connectivity index (χ1n) is 3.92. The molecule has 7 heteroatoms. The maximum atomic E-state index is 11.0. The van der Waals surface area contributed by atoms with Gasteiger partial charge in [-0.05, 0) is 12.1 Å². The molecule has 0 aromatic carbocycles. The van der Waals surface area contributed by atoms with Crippen LogP contribution in [-0.4, -0.2) is 32.2 Å². The van der Waals surface area contributed by atoms with Gasteiger partial charge >= 0.3 is 5.97 Å². The summed E-state index contributed by atoms with van der Waals surface area (Å²) in [5, 5.41) is 0. The van der Waals surface area contributed by atoms with E-state index in [2.05, 4.69) is 9.17 Å². The van der Waals surface area contributed by atoms with E-state index in [1.165, 1.54) is 18.5 Å². The van der Waals surface area contributed by atoms with Crippen LogP contribution in [0.25, 0.3) is 0 Å². The second-order valence-electron chi connectivity index (χ2n) is 2.63. The van der Waals surface area contributed by atoms with Gasteiger partial charge in [0.2, 0.25) is 0 Å². The van der Waals surface area contributed by atoms with Gasteiger partial charge in [0.25, 0.3) is 10.1 Å². The van der Waals surface area contributed by atoms with Crippen LogP contribution in [0, 0.1) is 0 Å². The van der Waals surface area contributed by atoms with Gasteiger partial charge in [0.15, 0.2) is 6.61 Å². The van der Waals surface area contributed by atoms with Crippen LogP contribution in [0.4, 0.5) is 0 Å². The Labute approximate surface area is 87.0 Å². The maximum Gasteiger partial charge on any atom is 0.339 e. The van der Waals surface area contributed by atoms with E-state index in [9.17, 15) is 13.2 Å². The molecule has 0 bridgehead atoms. The minimum absolute atomic E-state index is 0.236. The van der Waals surface area contributed by atoms with E-state index in [4.69, 9.17) is 4.74 Å². The van der Waals surface area contributed by atoms with Crippen LogP contribution >= 0.6 is 0 Å². The number of aromatic nitrogens is 1. The summed E-state index contributed by atoms with van der Waals surface area (Å²) in [6.45, 7) is -0.645. The molecule has 0 aliphatic rings. The van der Waals surface area contributed by atoms with E-state index in [-0.39, 0.29) is 5.75 Å². The van der Waals surface area contributed by atoms with Crippen molar-refractivity contribution in [2.75, 3.05) is 12.9 Å². The third-order valence-corrected chi connectivity index (χ3v) is 1.80. The molecule has 82 valence electrons. The number of carbonyl (C=O) groups excluding carboxylic acids is 1. The van der Waals surface area contributed by atoms with Crippen LogP contribution in [0.3, 0.4) is 0 Å². The Bertz CT molecular complexity index is 428. The zero-order chi connectivity index (χ0) is 11.3. The molecular weight excluding hydrogens is 222 g/mol. The van der Waals surface area contributed by atoms with E-state index < -0.39 is 22.7 Å². The highest BCUT2D eigenvalue weighted by Crippen LogP contribution is 2.06. The van der Waals surface area contributed by atoms with Crippen molar-refractivity contribution in [3.05, 3.63) is 24.5 Å². The van der Waals surface area contributed by atoms with Crippen molar-refractivity contribution >= 4 is 16.1 Å². The van der Waals surface area contributed by atoms with Crippen molar-refractivity contribution in [1.29, 1.82) is 0 Å². The molecule has 0 saturated carbocycles. The molecule has 0 fully saturated rings. The first kappa shape index (κ1) is 11.6. The standard InChI is InChI=1S/C8H9NO5S/c1-15(11,12)13-6-8(10)14-7-3-2-4-9-5-7/h2-5H,6H2,1H3. The Morgan fingerprint density at radius 3 is 2.80 bits per heavy atom. The normalized spacial score (nSPS) is 11.0. The van der Waals surface area contributed by atoms with Crippen molar-refractivity contribution < 1.29 is 22.1 Å². The van der Waals surface area contributed by atoms with Gasteiger partial charge < -0.3 is 4.74 Å². The number of esters is 1. The third kappa shape index (κ3) is 5.08. The number of carbonyl (C=O) groups is 1. The van der Waals surface area contributed by atoms with E-state index in [0.717, 1.165) is 6.26 Å². The van der Waals surface area contributed by atoms with Crippen LogP contribution in [0.1, 0.15) is 0 Å². The monoisotopic (exact) mass is 231 g/mol. The summed E-state index contributed by atoms with van der Waals surface area (Å²) in [6.07, 6.45) is 3.70. The van der Waals surface area contributed by atoms with Crippen molar-refractivity contribution in [2.45, 2.75) is 0 Å². The molecule has 0 atom stereocenters. The SMILES string of the molecule is CS(=O)(=O)OCC(=O)Oc1cccnc1. The highest BCUT2D eigenvalue weighted by atomic mass is 32.2. The fourth-order valence-electron chi connectivity index (χ4n) is 0.724. The van der Waals surface area contributed by atoms with Gasteiger partial charge in [0.1, 0.15) is 5.75 Å². The Balaban J connectivity index is 2.44. The Hall–Kier alpha value is -1.47. The van der Waals surface area contributed by atoms with Gasteiger partial charge in [-0.1, -0.05) is 0 Å². The van der Waals surface area contributed by atoms with Crippen molar-refractivity contribution in [3.8, 4) is 5.75 Å². The molecule has 1 aromatic heterocycles. The van der Waals surface area contributed by atoms with Gasteiger partial charge in [-0.25, -0.2) is 4.79 Å². The minimum atomic E-state index is -3.63. The summed E-state index contributed by atoms with van der Waals surface area (Å²) in [5.74, 6) is -0.562. The molecule has 0 radical (unpaired) electrons. The summed E-state index contributed by atoms with van der Waals surface area (Å²) >= 11 is 0. The third-order valence-electron chi connectivity index (χ3n) is 1.26. The second-order valence-corrected chi connectivity index (χ2v) is 4.27. The van der Waals surface area contributed by atoms with E-state index in [1.54, 1.807) is 6.07 Å². The quantitative estimate of drug-likeness (QED) is 0.534. The van der Waals surface area contributed by atoms with Crippen LogP contribution < -0.4 is 4.74 Å². The summed E-state index contributed by atoms with van der Waals surface area (Å²) in [4.78, 5) is 14.7. The van der Waals surface area contributed by atoms with E-state index >= 15 is 0 Å². The zero-order valence-corrected chi connectivity index (χ0v) is 8.73. The van der Waals surface area contributed by atoms with Crippen LogP contribution in [0.5, 0.6) is 5.75 Å². The molecule has 0 N–H and O–H groups in total. The highest BCUT2D eigenvalue weighted by Gasteiger charge is 2.09. The average Bonchev–Trinajstić information content (AvgIpc) is 2.15. The number of hydrogen-bond acceptors (Lipinski definition) is 6. The number of pyridine rings is 1. The lowest BCUT2D eigenvalue weighted by Crippen LogP contribution is -2.18. The number of rotatable bonds is 4. The van der Waals surface area contributed by atoms with E-state index in [0.29, 0.717) is 0 Å². The minimum Gasteiger partial charge on any atom is -0.423 e. The largest absolute Gasteiger partial charge is 0.423 e. The van der Waals surface area contributed by atoms with Crippen molar-refractivity contribution in [2.24, 2.45) is 0 Å². The average molecular weight is 231 g/mol. The molecule has 0 saturated heterocycles. The van der Waals surface area contributed by atoms with Crippen molar-refractivity contribution in [1.82, 2.24) is 4.98 Å². The molecule has 1 rings (SSSR count). The molecule has 6 nitrogen and oxygen atoms in total. The van der Waals surface area contributed by atoms with Crippen LogP contribution in [0.2, 0.25) is 0 Å². The van der Waals surface area contributed by atoms with Crippen LogP contribution in [0.15, 0.2) is 24.5 Å². The Morgan fingerprint density at radius 1 is 1.53 bits per heavy atom. The zero-order valence-electron chi connectivity index (χ0n) is 7.91. The van der Waals surface area contributed by atoms with Gasteiger partial charge in [-0.15, -0.1) is 0 Å². The Morgan fingerprint density at radius 2 is 2.27 bits per heavy atom. The number of ether oxygens (including phenoxy) is 1. The molecule has 1 aromatic rings. The van der Waals surface area contributed by atoms with E-state index in [1.807, 2.05) is 0 Å². The topological polar surface area (TPSA) is 82.6 Å². The summed E-state index contributed by atoms with van der Waals surface area (Å²) in [5.41, 5.74) is 0. The fourth-order valence-corrected chi connectivity index (χ4v) is 1.03. The lowest BCUT2D eigenvalue weighted by molar-refractivity contribution is -0.136. The van der Waals surface area contributed by atoms with Gasteiger partial charge in [-0.2, -0.15) is 8.42 Å². The maximum absolute atomic E-state index is 11.0. The van der Waals surface area contributed by atoms with Crippen LogP contribution in [-0.2, 0) is 19.1 Å². The summed E-state index contributed by atoms with van der Waals surface area (Å²) in [7, 11) is -3.63. The number of nitrogens with zero attached hydrogens (tertiary/aromatic N) is 1. The summed E-state index contributed by atoms with van der Waals surface area (Å²) < 4.78 is 30.1. The molecule has 15 heavy (non-hydrogen) atoms. The smallest absolute Gasteiger partial charge is 0.339 e. The first-order chi connectivity index (χ1) is 6.97. The van der Waals surface area contributed by atoms with Gasteiger partial charge in [0.05, 0.1) is 12.5 Å². The first-order valence-corrected chi connectivity index (χ1v) is 5.74. The van der Waals surface area contributed by atoms with Gasteiger partial charge in [0, 0.05) is 6.20 Å². The fraction of sp³-hybridized carbons (Fsp3) is 0.250. The number of hydrogen-bond donors (Lipinski definition) is 0. The molecule has 0 aliphatic carbocycles. The molecule has 0 amide bonds. The van der Waals surface area contributed by atoms with Gasteiger partial charge in [-0.3, -0.25) is 9.17 Å². The second kappa shape index (κ2) is 4.85. The molecular formula is C8H9NO5S.